The predicted molar refractivity (Wildman–Crippen MR) is 106 cm³/mol. The van der Waals surface area contributed by atoms with Gasteiger partial charge >= 0.3 is 0 Å². The Morgan fingerprint density at radius 1 is 1.25 bits per heavy atom. The molecule has 1 N–H and O–H groups in total. The van der Waals surface area contributed by atoms with Crippen molar-refractivity contribution in [1.82, 2.24) is 9.62 Å². The highest BCUT2D eigenvalue weighted by Crippen LogP contribution is 2.28. The molecule has 1 aromatic rings. The summed E-state index contributed by atoms with van der Waals surface area (Å²) in [6, 6.07) is 4.54. The van der Waals surface area contributed by atoms with E-state index >= 15 is 0 Å². The fraction of sp³-hybridized carbons (Fsp3) is 0.650. The summed E-state index contributed by atoms with van der Waals surface area (Å²) in [6.45, 7) is 3.70. The van der Waals surface area contributed by atoms with Crippen LogP contribution in [-0.4, -0.2) is 58.2 Å². The topological polar surface area (TPSA) is 84.9 Å². The first-order valence-electron chi connectivity index (χ1n) is 10.1. The fourth-order valence-corrected chi connectivity index (χ4v) is 5.42. The Hall–Kier alpha value is -1.64. The lowest BCUT2D eigenvalue weighted by molar-refractivity contribution is 0.0539. The van der Waals surface area contributed by atoms with Crippen molar-refractivity contribution in [3.8, 4) is 5.75 Å². The number of hydrogen-bond acceptors (Lipinski definition) is 5. The number of carbonyl (C=O) groups is 1. The second-order valence-electron chi connectivity index (χ2n) is 7.45. The average Bonchev–Trinajstić information content (AvgIpc) is 3.38. The highest BCUT2D eigenvalue weighted by Gasteiger charge is 2.28. The molecule has 8 heteroatoms. The number of likely N-dealkylation sites (N-methyl/N-ethyl adjacent to an activating group) is 1. The van der Waals surface area contributed by atoms with Gasteiger partial charge in [0.25, 0.3) is 5.91 Å². The lowest BCUT2D eigenvalue weighted by Crippen LogP contribution is -2.37. The summed E-state index contributed by atoms with van der Waals surface area (Å²) >= 11 is 0. The third-order valence-corrected chi connectivity index (χ3v) is 7.04. The van der Waals surface area contributed by atoms with Crippen LogP contribution in [0.25, 0.3) is 0 Å². The van der Waals surface area contributed by atoms with E-state index in [0.717, 1.165) is 45.1 Å². The van der Waals surface area contributed by atoms with Crippen LogP contribution in [-0.2, 0) is 14.8 Å². The average molecular weight is 411 g/mol. The van der Waals surface area contributed by atoms with Gasteiger partial charge in [-0.05, 0) is 50.8 Å². The Kier molecular flexibility index (Phi) is 6.95. The molecule has 0 aromatic heterocycles. The quantitative estimate of drug-likeness (QED) is 0.712. The van der Waals surface area contributed by atoms with Crippen molar-refractivity contribution in [1.29, 1.82) is 0 Å². The van der Waals surface area contributed by atoms with E-state index in [-0.39, 0.29) is 28.7 Å². The molecule has 1 saturated heterocycles. The summed E-state index contributed by atoms with van der Waals surface area (Å²) in [5.41, 5.74) is 0.340. The van der Waals surface area contributed by atoms with Crippen molar-refractivity contribution < 1.29 is 22.7 Å². The van der Waals surface area contributed by atoms with E-state index in [1.54, 1.807) is 17.0 Å². The number of hydrogen-bond donors (Lipinski definition) is 1. The number of nitrogens with one attached hydrogen (secondary N) is 1. The van der Waals surface area contributed by atoms with E-state index in [1.807, 2.05) is 6.92 Å². The van der Waals surface area contributed by atoms with Crippen LogP contribution in [0.5, 0.6) is 5.75 Å². The molecular weight excluding hydrogens is 380 g/mol. The van der Waals surface area contributed by atoms with E-state index in [4.69, 9.17) is 9.47 Å². The number of carbonyl (C=O) groups excluding carboxylic acids is 1. The summed E-state index contributed by atoms with van der Waals surface area (Å²) in [4.78, 5) is 14.7. The third-order valence-electron chi connectivity index (χ3n) is 5.49. The van der Waals surface area contributed by atoms with E-state index in [2.05, 4.69) is 4.72 Å². The molecule has 156 valence electrons. The van der Waals surface area contributed by atoms with Gasteiger partial charge in [0, 0.05) is 31.3 Å². The Morgan fingerprint density at radius 3 is 2.61 bits per heavy atom. The van der Waals surface area contributed by atoms with Gasteiger partial charge in [-0.15, -0.1) is 0 Å². The Bertz CT molecular complexity index is 784. The van der Waals surface area contributed by atoms with E-state index in [0.29, 0.717) is 18.7 Å². The van der Waals surface area contributed by atoms with Gasteiger partial charge in [-0.1, -0.05) is 12.8 Å². The molecule has 1 aliphatic heterocycles. The van der Waals surface area contributed by atoms with Crippen molar-refractivity contribution in [3.63, 3.8) is 0 Å². The van der Waals surface area contributed by atoms with Crippen molar-refractivity contribution in [2.75, 3.05) is 26.8 Å². The largest absolute Gasteiger partial charge is 0.495 e. The summed E-state index contributed by atoms with van der Waals surface area (Å²) in [5.74, 6) is 0.0437. The number of rotatable bonds is 8. The number of nitrogens with zero attached hydrogens (tertiary/aromatic N) is 1. The van der Waals surface area contributed by atoms with Crippen LogP contribution in [0, 0.1) is 0 Å². The molecule has 3 rings (SSSR count). The molecule has 1 heterocycles. The molecule has 1 amide bonds. The Morgan fingerprint density at radius 2 is 2.00 bits per heavy atom. The van der Waals surface area contributed by atoms with Gasteiger partial charge in [-0.3, -0.25) is 4.79 Å². The molecule has 0 bridgehead atoms. The molecule has 7 nitrogen and oxygen atoms in total. The maximum Gasteiger partial charge on any atom is 0.253 e. The van der Waals surface area contributed by atoms with Crippen LogP contribution >= 0.6 is 0 Å². The van der Waals surface area contributed by atoms with Crippen molar-refractivity contribution in [2.24, 2.45) is 0 Å². The zero-order chi connectivity index (χ0) is 20.1. The molecule has 1 unspecified atom stereocenters. The molecule has 1 saturated carbocycles. The molecule has 1 aliphatic carbocycles. The van der Waals surface area contributed by atoms with Gasteiger partial charge in [0.1, 0.15) is 10.6 Å². The fourth-order valence-electron chi connectivity index (χ4n) is 3.92. The molecule has 0 spiro atoms. The maximum atomic E-state index is 13.0. The number of sulfonamides is 1. The summed E-state index contributed by atoms with van der Waals surface area (Å²) in [7, 11) is -2.34. The van der Waals surface area contributed by atoms with Gasteiger partial charge in [0.2, 0.25) is 10.0 Å². The van der Waals surface area contributed by atoms with Crippen molar-refractivity contribution in [2.45, 2.75) is 62.5 Å². The highest BCUT2D eigenvalue weighted by molar-refractivity contribution is 7.89. The van der Waals surface area contributed by atoms with Gasteiger partial charge in [0.05, 0.1) is 13.2 Å². The first-order chi connectivity index (χ1) is 13.4. The maximum absolute atomic E-state index is 13.0. The number of amides is 1. The van der Waals surface area contributed by atoms with Crippen LogP contribution in [0.4, 0.5) is 0 Å². The van der Waals surface area contributed by atoms with Crippen LogP contribution in [0.2, 0.25) is 0 Å². The molecule has 2 aliphatic rings. The number of ether oxygens (including phenoxy) is 2. The molecule has 0 radical (unpaired) electrons. The normalized spacial score (nSPS) is 20.4. The predicted octanol–water partition coefficient (Wildman–Crippen LogP) is 2.56. The molecule has 1 atom stereocenters. The minimum absolute atomic E-state index is 0.0147. The molecule has 1 aromatic carbocycles. The molecular formula is C20H30N2O5S. The number of benzene rings is 1. The standard InChI is InChI=1S/C20H30N2O5S/c1-3-22(14-17-9-6-12-27-17)20(23)15-10-11-18(26-2)19(13-15)28(24,25)21-16-7-4-5-8-16/h10-11,13,16-17,21H,3-9,12,14H2,1-2H3. The molecule has 28 heavy (non-hydrogen) atoms. The molecule has 2 fully saturated rings. The zero-order valence-corrected chi connectivity index (χ0v) is 17.5. The van der Waals surface area contributed by atoms with Crippen LogP contribution in [0.3, 0.4) is 0 Å². The summed E-state index contributed by atoms with van der Waals surface area (Å²) < 4.78 is 39.5. The van der Waals surface area contributed by atoms with Gasteiger partial charge in [0.15, 0.2) is 0 Å². The zero-order valence-electron chi connectivity index (χ0n) is 16.6. The third kappa shape index (κ3) is 4.85. The summed E-state index contributed by atoms with van der Waals surface area (Å²) in [6.07, 6.45) is 5.73. The van der Waals surface area contributed by atoms with Crippen LogP contribution in [0.1, 0.15) is 55.8 Å². The Balaban J connectivity index is 1.83. The van der Waals surface area contributed by atoms with E-state index in [9.17, 15) is 13.2 Å². The second kappa shape index (κ2) is 9.24. The highest BCUT2D eigenvalue weighted by atomic mass is 32.2. The lowest BCUT2D eigenvalue weighted by atomic mass is 10.1. The van der Waals surface area contributed by atoms with Gasteiger partial charge in [-0.2, -0.15) is 0 Å². The van der Waals surface area contributed by atoms with Crippen LogP contribution < -0.4 is 9.46 Å². The second-order valence-corrected chi connectivity index (χ2v) is 9.13. The number of methoxy groups -OCH3 is 1. The Labute approximate surface area is 167 Å². The van der Waals surface area contributed by atoms with Crippen molar-refractivity contribution >= 4 is 15.9 Å². The van der Waals surface area contributed by atoms with Gasteiger partial charge in [-0.25, -0.2) is 13.1 Å². The first kappa shape index (κ1) is 21.1. The van der Waals surface area contributed by atoms with Gasteiger partial charge < -0.3 is 14.4 Å². The monoisotopic (exact) mass is 410 g/mol. The van der Waals surface area contributed by atoms with Crippen LogP contribution in [0.15, 0.2) is 23.1 Å². The SMILES string of the molecule is CCN(CC1CCCO1)C(=O)c1ccc(OC)c(S(=O)(=O)NC2CCCC2)c1. The minimum Gasteiger partial charge on any atom is -0.495 e. The van der Waals surface area contributed by atoms with Crippen molar-refractivity contribution in [3.05, 3.63) is 23.8 Å². The minimum atomic E-state index is -3.77. The lowest BCUT2D eigenvalue weighted by Gasteiger charge is -2.24. The smallest absolute Gasteiger partial charge is 0.253 e. The van der Waals surface area contributed by atoms with E-state index < -0.39 is 10.0 Å². The first-order valence-corrected chi connectivity index (χ1v) is 11.5. The van der Waals surface area contributed by atoms with E-state index in [1.165, 1.54) is 13.2 Å². The summed E-state index contributed by atoms with van der Waals surface area (Å²) in [5, 5.41) is 0.